The number of rotatable bonds is 5. The van der Waals surface area contributed by atoms with Crippen LogP contribution in [0.5, 0.6) is 0 Å². The third-order valence-electron chi connectivity index (χ3n) is 5.73. The monoisotopic (exact) mass is 450 g/mol. The van der Waals surface area contributed by atoms with Crippen molar-refractivity contribution < 1.29 is 22.4 Å². The van der Waals surface area contributed by atoms with Crippen molar-refractivity contribution in [3.8, 4) is 0 Å². The average molecular weight is 450 g/mol. The van der Waals surface area contributed by atoms with Gasteiger partial charge in [0.1, 0.15) is 23.6 Å². The van der Waals surface area contributed by atoms with Crippen molar-refractivity contribution in [2.24, 2.45) is 5.73 Å². The van der Waals surface area contributed by atoms with E-state index in [9.17, 15) is 22.4 Å². The van der Waals surface area contributed by atoms with E-state index in [0.717, 1.165) is 35.3 Å². The van der Waals surface area contributed by atoms with Crippen molar-refractivity contribution in [2.75, 3.05) is 24.5 Å². The second kappa shape index (κ2) is 8.05. The van der Waals surface area contributed by atoms with E-state index < -0.39 is 34.6 Å². The van der Waals surface area contributed by atoms with Gasteiger partial charge in [0, 0.05) is 25.8 Å². The Morgan fingerprint density at radius 1 is 1.34 bits per heavy atom. The van der Waals surface area contributed by atoms with Crippen molar-refractivity contribution >= 4 is 22.8 Å². The zero-order valence-corrected chi connectivity index (χ0v) is 17.3. The first-order valence-corrected chi connectivity index (χ1v) is 10.1. The Morgan fingerprint density at radius 3 is 2.84 bits per heavy atom. The maximum Gasteiger partial charge on any atom is 0.417 e. The molecular weight excluding hydrogens is 428 g/mol. The molecule has 0 aliphatic carbocycles. The first kappa shape index (κ1) is 22.0. The Kier molecular flexibility index (Phi) is 5.53. The van der Waals surface area contributed by atoms with Gasteiger partial charge in [0.15, 0.2) is 0 Å². The third kappa shape index (κ3) is 4.12. The molecule has 32 heavy (non-hydrogen) atoms. The number of H-pyrrole nitrogens is 1. The Labute approximate surface area is 181 Å². The number of nitrogens with two attached hydrogens (primary N) is 1. The van der Waals surface area contributed by atoms with E-state index in [2.05, 4.69) is 20.3 Å². The summed E-state index contributed by atoms with van der Waals surface area (Å²) in [5, 5.41) is 3.39. The standard InChI is InChI=1S/C21H22F4N6O/c1-2-12-8-27-17-16(12)18(30-11-29-17)31-6-5-20(26,10-31)9-28-19(32)14-4-3-13(22)7-15(14)21(23,24)25/h3-4,7-8,11H,2,5-6,9-10,26H2,1H3,(H,28,32)(H,27,29,30)/t20-/m0/s1. The summed E-state index contributed by atoms with van der Waals surface area (Å²) in [6.07, 6.45) is -0.225. The predicted molar refractivity (Wildman–Crippen MR) is 111 cm³/mol. The molecule has 7 nitrogen and oxygen atoms in total. The highest BCUT2D eigenvalue weighted by Crippen LogP contribution is 2.33. The first-order valence-electron chi connectivity index (χ1n) is 10.1. The summed E-state index contributed by atoms with van der Waals surface area (Å²) in [5.74, 6) is -1.29. The number of aryl methyl sites for hydroxylation is 1. The van der Waals surface area contributed by atoms with Gasteiger partial charge in [-0.1, -0.05) is 6.92 Å². The summed E-state index contributed by atoms with van der Waals surface area (Å²) in [4.78, 5) is 26.2. The normalized spacial score (nSPS) is 19.0. The molecule has 0 unspecified atom stereocenters. The minimum Gasteiger partial charge on any atom is -0.354 e. The second-order valence-electron chi connectivity index (χ2n) is 7.99. The van der Waals surface area contributed by atoms with Gasteiger partial charge < -0.3 is 20.9 Å². The lowest BCUT2D eigenvalue weighted by Crippen LogP contribution is -2.52. The number of alkyl halides is 3. The Morgan fingerprint density at radius 2 is 2.12 bits per heavy atom. The van der Waals surface area contributed by atoms with Crippen molar-refractivity contribution in [3.63, 3.8) is 0 Å². The molecule has 4 rings (SSSR count). The van der Waals surface area contributed by atoms with Crippen molar-refractivity contribution in [3.05, 3.63) is 53.2 Å². The Bertz CT molecular complexity index is 1160. The highest BCUT2D eigenvalue weighted by molar-refractivity contribution is 5.96. The van der Waals surface area contributed by atoms with Gasteiger partial charge in [-0.15, -0.1) is 0 Å². The lowest BCUT2D eigenvalue weighted by atomic mass is 9.99. The molecule has 1 amide bonds. The fraction of sp³-hybridized carbons (Fsp3) is 0.381. The summed E-state index contributed by atoms with van der Waals surface area (Å²) >= 11 is 0. The zero-order chi connectivity index (χ0) is 23.1. The molecule has 1 aliphatic rings. The quantitative estimate of drug-likeness (QED) is 0.519. The number of amides is 1. The number of nitrogens with one attached hydrogen (secondary N) is 2. The van der Waals surface area contributed by atoms with Gasteiger partial charge in [0.2, 0.25) is 0 Å². The van der Waals surface area contributed by atoms with Gasteiger partial charge in [-0.3, -0.25) is 4.79 Å². The van der Waals surface area contributed by atoms with Gasteiger partial charge in [0.25, 0.3) is 5.91 Å². The van der Waals surface area contributed by atoms with Crippen LogP contribution in [0.3, 0.4) is 0 Å². The van der Waals surface area contributed by atoms with Crippen molar-refractivity contribution in [2.45, 2.75) is 31.5 Å². The molecule has 170 valence electrons. The van der Waals surface area contributed by atoms with Crippen LogP contribution in [-0.2, 0) is 12.6 Å². The van der Waals surface area contributed by atoms with Crippen LogP contribution < -0.4 is 16.0 Å². The van der Waals surface area contributed by atoms with E-state index in [0.29, 0.717) is 31.2 Å². The number of nitrogens with zero attached hydrogens (tertiary/aromatic N) is 3. The largest absolute Gasteiger partial charge is 0.417 e. The number of carbonyl (C=O) groups is 1. The first-order chi connectivity index (χ1) is 15.1. The van der Waals surface area contributed by atoms with Crippen LogP contribution in [0.1, 0.15) is 34.8 Å². The van der Waals surface area contributed by atoms with Crippen LogP contribution in [-0.4, -0.2) is 46.0 Å². The molecule has 1 saturated heterocycles. The van der Waals surface area contributed by atoms with Crippen LogP contribution in [0.2, 0.25) is 0 Å². The van der Waals surface area contributed by atoms with E-state index in [1.807, 2.05) is 18.0 Å². The number of benzene rings is 1. The number of fused-ring (bicyclic) bond motifs is 1. The van der Waals surface area contributed by atoms with Gasteiger partial charge >= 0.3 is 6.18 Å². The molecule has 2 aromatic heterocycles. The van der Waals surface area contributed by atoms with Crippen LogP contribution >= 0.6 is 0 Å². The minimum absolute atomic E-state index is 0.0427. The fourth-order valence-electron chi connectivity index (χ4n) is 4.05. The molecule has 4 N–H and O–H groups in total. The molecule has 0 bridgehead atoms. The zero-order valence-electron chi connectivity index (χ0n) is 17.3. The summed E-state index contributed by atoms with van der Waals surface area (Å²) in [7, 11) is 0. The third-order valence-corrected chi connectivity index (χ3v) is 5.73. The predicted octanol–water partition coefficient (Wildman–Crippen LogP) is 3.02. The lowest BCUT2D eigenvalue weighted by Gasteiger charge is -2.26. The van der Waals surface area contributed by atoms with E-state index in [1.165, 1.54) is 6.33 Å². The van der Waals surface area contributed by atoms with Gasteiger partial charge in [-0.05, 0) is 36.6 Å². The van der Waals surface area contributed by atoms with Gasteiger partial charge in [-0.25, -0.2) is 14.4 Å². The molecule has 1 fully saturated rings. The molecule has 0 spiro atoms. The topological polar surface area (TPSA) is 99.9 Å². The number of hydrogen-bond acceptors (Lipinski definition) is 5. The van der Waals surface area contributed by atoms with Gasteiger partial charge in [-0.2, -0.15) is 13.2 Å². The molecule has 0 saturated carbocycles. The van der Waals surface area contributed by atoms with Crippen LogP contribution in [0.15, 0.2) is 30.7 Å². The number of hydrogen-bond donors (Lipinski definition) is 3. The molecule has 3 aromatic rings. The Hall–Kier alpha value is -3.21. The molecule has 1 aromatic carbocycles. The van der Waals surface area contributed by atoms with Crippen LogP contribution in [0.25, 0.3) is 11.0 Å². The number of anilines is 1. The highest BCUT2D eigenvalue weighted by atomic mass is 19.4. The minimum atomic E-state index is -4.86. The molecule has 3 heterocycles. The summed E-state index contributed by atoms with van der Waals surface area (Å²) in [6.45, 7) is 2.90. The van der Waals surface area contributed by atoms with Crippen LogP contribution in [0, 0.1) is 5.82 Å². The van der Waals surface area contributed by atoms with E-state index in [-0.39, 0.29) is 6.54 Å². The number of aromatic nitrogens is 3. The highest BCUT2D eigenvalue weighted by Gasteiger charge is 2.38. The SMILES string of the molecule is CCc1c[nH]c2ncnc(N3CC[C@](N)(CNC(=O)c4ccc(F)cc4C(F)(F)F)C3)c12. The number of halogens is 4. The lowest BCUT2D eigenvalue weighted by molar-refractivity contribution is -0.138. The second-order valence-corrected chi connectivity index (χ2v) is 7.99. The fourth-order valence-corrected chi connectivity index (χ4v) is 4.05. The number of aromatic amines is 1. The summed E-state index contributed by atoms with van der Waals surface area (Å²) < 4.78 is 53.0. The molecule has 1 atom stereocenters. The van der Waals surface area contributed by atoms with E-state index >= 15 is 0 Å². The van der Waals surface area contributed by atoms with Gasteiger partial charge in [0.05, 0.1) is 22.1 Å². The van der Waals surface area contributed by atoms with E-state index in [4.69, 9.17) is 5.73 Å². The molecular formula is C21H22F4N6O. The van der Waals surface area contributed by atoms with E-state index in [1.54, 1.807) is 0 Å². The van der Waals surface area contributed by atoms with Crippen LogP contribution in [0.4, 0.5) is 23.4 Å². The maximum atomic E-state index is 13.3. The van der Waals surface area contributed by atoms with Crippen molar-refractivity contribution in [1.82, 2.24) is 20.3 Å². The molecule has 0 radical (unpaired) electrons. The summed E-state index contributed by atoms with van der Waals surface area (Å²) in [6, 6.07) is 1.96. The van der Waals surface area contributed by atoms with Crippen molar-refractivity contribution in [1.29, 1.82) is 0 Å². The molecule has 11 heteroatoms. The molecule has 1 aliphatic heterocycles. The average Bonchev–Trinajstić information content (AvgIpc) is 3.35. The Balaban J connectivity index is 1.50. The maximum absolute atomic E-state index is 13.3. The summed E-state index contributed by atoms with van der Waals surface area (Å²) in [5.41, 5.74) is 5.41. The number of carbonyl (C=O) groups excluding carboxylic acids is 1. The smallest absolute Gasteiger partial charge is 0.354 e.